The second-order valence-electron chi connectivity index (χ2n) is 9.40. The van der Waals surface area contributed by atoms with Crippen LogP contribution in [0, 0.1) is 0 Å². The lowest BCUT2D eigenvalue weighted by atomic mass is 9.80. The summed E-state index contributed by atoms with van der Waals surface area (Å²) in [6.45, 7) is 3.73. The fraction of sp³-hybridized carbons (Fsp3) is 0.226. The molecule has 0 saturated carbocycles. The van der Waals surface area contributed by atoms with Crippen LogP contribution < -0.4 is 0 Å². The average Bonchev–Trinajstić information content (AvgIpc) is 2.90. The summed E-state index contributed by atoms with van der Waals surface area (Å²) in [5.41, 5.74) is 4.70. The number of pyridine rings is 1. The molecule has 0 radical (unpaired) electrons. The number of aliphatic hydroxyl groups is 1. The highest BCUT2D eigenvalue weighted by Gasteiger charge is 2.32. The molecule has 0 saturated heterocycles. The second-order valence-corrected chi connectivity index (χ2v) is 9.84. The van der Waals surface area contributed by atoms with Gasteiger partial charge >= 0.3 is 5.97 Å². The Morgan fingerprint density at radius 3 is 2.61 bits per heavy atom. The van der Waals surface area contributed by atoms with Crippen LogP contribution in [0.5, 0.6) is 0 Å². The van der Waals surface area contributed by atoms with Gasteiger partial charge < -0.3 is 9.84 Å². The van der Waals surface area contributed by atoms with Crippen molar-refractivity contribution in [1.82, 2.24) is 4.98 Å². The van der Waals surface area contributed by atoms with Gasteiger partial charge in [0, 0.05) is 10.4 Å². The molecule has 4 rings (SSSR count). The van der Waals surface area contributed by atoms with Crippen LogP contribution in [0.4, 0.5) is 0 Å². The van der Waals surface area contributed by atoms with Crippen LogP contribution in [-0.4, -0.2) is 23.2 Å². The monoisotopic (exact) mass is 499 g/mol. The molecule has 1 aromatic heterocycles. The lowest BCUT2D eigenvalue weighted by molar-refractivity contribution is -0.146. The van der Waals surface area contributed by atoms with Gasteiger partial charge in [0.2, 0.25) is 0 Å². The highest BCUT2D eigenvalue weighted by Crippen LogP contribution is 2.30. The highest BCUT2D eigenvalue weighted by atomic mass is 35.5. The van der Waals surface area contributed by atoms with E-state index >= 15 is 0 Å². The van der Waals surface area contributed by atoms with Crippen molar-refractivity contribution in [2.45, 2.75) is 38.2 Å². The summed E-state index contributed by atoms with van der Waals surface area (Å²) >= 11 is 6.10. The molecule has 0 aliphatic rings. The van der Waals surface area contributed by atoms with Gasteiger partial charge in [-0.05, 0) is 79.3 Å². The van der Waals surface area contributed by atoms with E-state index in [0.717, 1.165) is 38.9 Å². The third kappa shape index (κ3) is 5.84. The Balaban J connectivity index is 1.47. The molecule has 0 aliphatic heterocycles. The lowest BCUT2D eigenvalue weighted by Crippen LogP contribution is -2.31. The van der Waals surface area contributed by atoms with Gasteiger partial charge in [-0.1, -0.05) is 72.3 Å². The van der Waals surface area contributed by atoms with E-state index < -0.39 is 11.5 Å². The predicted octanol–water partition coefficient (Wildman–Crippen LogP) is 7.18. The molecule has 0 unspecified atom stereocenters. The summed E-state index contributed by atoms with van der Waals surface area (Å²) in [7, 11) is 1.41. The largest absolute Gasteiger partial charge is 0.468 e. The van der Waals surface area contributed by atoms with Gasteiger partial charge in [0.1, 0.15) is 0 Å². The molecule has 1 atom stereocenters. The summed E-state index contributed by atoms with van der Waals surface area (Å²) in [6.07, 6.45) is 4.49. The zero-order chi connectivity index (χ0) is 25.7. The van der Waals surface area contributed by atoms with Crippen molar-refractivity contribution >= 4 is 40.6 Å². The van der Waals surface area contributed by atoms with E-state index in [-0.39, 0.29) is 5.97 Å². The van der Waals surface area contributed by atoms with Crippen molar-refractivity contribution < 1.29 is 14.6 Å². The number of ether oxygens (including phenoxy) is 1. The Morgan fingerprint density at radius 2 is 1.81 bits per heavy atom. The lowest BCUT2D eigenvalue weighted by Gasteiger charge is -2.25. The molecule has 36 heavy (non-hydrogen) atoms. The summed E-state index contributed by atoms with van der Waals surface area (Å²) < 4.78 is 5.01. The number of hydrogen-bond acceptors (Lipinski definition) is 4. The number of carbonyl (C=O) groups is 1. The van der Waals surface area contributed by atoms with Crippen LogP contribution in [0.3, 0.4) is 0 Å². The molecule has 0 fully saturated rings. The molecule has 184 valence electrons. The van der Waals surface area contributed by atoms with Crippen molar-refractivity contribution in [3.05, 3.63) is 112 Å². The maximum Gasteiger partial charge on any atom is 0.315 e. The number of halogens is 1. The van der Waals surface area contributed by atoms with E-state index in [1.165, 1.54) is 7.11 Å². The fourth-order valence-electron chi connectivity index (χ4n) is 4.42. The molecule has 3 aromatic carbocycles. The number of carbonyl (C=O) groups excluding carboxylic acids is 1. The molecule has 0 amide bonds. The Morgan fingerprint density at radius 1 is 1.03 bits per heavy atom. The van der Waals surface area contributed by atoms with Gasteiger partial charge in [0.25, 0.3) is 0 Å². The fourth-order valence-corrected chi connectivity index (χ4v) is 4.59. The van der Waals surface area contributed by atoms with Crippen LogP contribution in [0.1, 0.15) is 54.3 Å². The first-order valence-corrected chi connectivity index (χ1v) is 12.3. The first kappa shape index (κ1) is 25.6. The van der Waals surface area contributed by atoms with Gasteiger partial charge in [0.05, 0.1) is 29.8 Å². The van der Waals surface area contributed by atoms with E-state index in [9.17, 15) is 9.90 Å². The molecule has 4 nitrogen and oxygen atoms in total. The molecule has 0 spiro atoms. The first-order chi connectivity index (χ1) is 17.3. The Kier molecular flexibility index (Phi) is 7.88. The van der Waals surface area contributed by atoms with Gasteiger partial charge in [-0.15, -0.1) is 0 Å². The Labute approximate surface area is 217 Å². The predicted molar refractivity (Wildman–Crippen MR) is 147 cm³/mol. The van der Waals surface area contributed by atoms with Crippen molar-refractivity contribution in [3.8, 4) is 0 Å². The van der Waals surface area contributed by atoms with E-state index in [1.807, 2.05) is 105 Å². The molecule has 0 bridgehead atoms. The number of methoxy groups -OCH3 is 1. The summed E-state index contributed by atoms with van der Waals surface area (Å²) in [5.74, 6) is -0.279. The zero-order valence-corrected chi connectivity index (χ0v) is 21.5. The Bertz CT molecular complexity index is 1410. The number of nitrogens with zero attached hydrogens (tertiary/aromatic N) is 1. The third-order valence-electron chi connectivity index (χ3n) is 6.49. The van der Waals surface area contributed by atoms with Gasteiger partial charge in [-0.3, -0.25) is 4.79 Å². The minimum atomic E-state index is -0.761. The van der Waals surface area contributed by atoms with Crippen molar-refractivity contribution in [2.24, 2.45) is 0 Å². The van der Waals surface area contributed by atoms with Gasteiger partial charge in [0.15, 0.2) is 0 Å². The van der Waals surface area contributed by atoms with Gasteiger partial charge in [-0.25, -0.2) is 4.98 Å². The normalized spacial score (nSPS) is 12.7. The van der Waals surface area contributed by atoms with Crippen LogP contribution in [0.15, 0.2) is 78.9 Å². The molecule has 4 aromatic rings. The first-order valence-electron chi connectivity index (χ1n) is 12.0. The van der Waals surface area contributed by atoms with Crippen LogP contribution >= 0.6 is 11.6 Å². The number of benzene rings is 3. The topological polar surface area (TPSA) is 59.4 Å². The smallest absolute Gasteiger partial charge is 0.315 e. The van der Waals surface area contributed by atoms with E-state index in [4.69, 9.17) is 16.3 Å². The molecule has 5 heteroatoms. The van der Waals surface area contributed by atoms with E-state index in [0.29, 0.717) is 17.9 Å². The average molecular weight is 500 g/mol. The minimum absolute atomic E-state index is 0.279. The number of hydrogen-bond donors (Lipinski definition) is 1. The number of aryl methyl sites for hydroxylation is 1. The second kappa shape index (κ2) is 11.1. The summed E-state index contributed by atoms with van der Waals surface area (Å²) in [5, 5.41) is 12.6. The molecular weight excluding hydrogens is 470 g/mol. The molecule has 1 N–H and O–H groups in total. The third-order valence-corrected chi connectivity index (χ3v) is 6.73. The van der Waals surface area contributed by atoms with Crippen molar-refractivity contribution in [1.29, 1.82) is 0 Å². The summed E-state index contributed by atoms with van der Waals surface area (Å²) in [6, 6.07) is 25.4. The standard InChI is InChI=1S/C31H30ClNO3/c1-31(2,30(35)36-3)27-10-5-4-8-22(27)14-18-29(34)24-9-6-7-21(19-24)11-16-26-17-13-23-12-15-25(32)20-28(23)33-26/h4-13,15-17,19-20,29,34H,14,18H2,1-3H3/b16-11+/t29-/m0/s1. The van der Waals surface area contributed by atoms with Crippen molar-refractivity contribution in [3.63, 3.8) is 0 Å². The van der Waals surface area contributed by atoms with Crippen LogP contribution in [-0.2, 0) is 21.4 Å². The molecular formula is C31H30ClNO3. The maximum absolute atomic E-state index is 12.3. The van der Waals surface area contributed by atoms with E-state index in [2.05, 4.69) is 4.98 Å². The number of aliphatic hydroxyl groups excluding tert-OH is 1. The number of rotatable bonds is 8. The van der Waals surface area contributed by atoms with Crippen LogP contribution in [0.25, 0.3) is 23.1 Å². The number of aromatic nitrogens is 1. The number of esters is 1. The van der Waals surface area contributed by atoms with Crippen LogP contribution in [0.2, 0.25) is 5.02 Å². The number of fused-ring (bicyclic) bond motifs is 1. The molecule has 1 heterocycles. The highest BCUT2D eigenvalue weighted by molar-refractivity contribution is 6.31. The van der Waals surface area contributed by atoms with Gasteiger partial charge in [-0.2, -0.15) is 0 Å². The van der Waals surface area contributed by atoms with E-state index in [1.54, 1.807) is 0 Å². The zero-order valence-electron chi connectivity index (χ0n) is 20.7. The SMILES string of the molecule is COC(=O)C(C)(C)c1ccccc1CC[C@H](O)c1cccc(/C=C/c2ccc3ccc(Cl)cc3n2)c1. The summed E-state index contributed by atoms with van der Waals surface area (Å²) in [4.78, 5) is 17.0. The maximum atomic E-state index is 12.3. The quantitative estimate of drug-likeness (QED) is 0.261. The molecule has 0 aliphatic carbocycles. The minimum Gasteiger partial charge on any atom is -0.468 e. The Hall–Kier alpha value is -3.47. The van der Waals surface area contributed by atoms with Crippen molar-refractivity contribution in [2.75, 3.05) is 7.11 Å².